The van der Waals surface area contributed by atoms with Crippen molar-refractivity contribution in [3.63, 3.8) is 0 Å². The summed E-state index contributed by atoms with van der Waals surface area (Å²) in [5.41, 5.74) is 1.20. The van der Waals surface area contributed by atoms with Crippen molar-refractivity contribution in [2.24, 2.45) is 0 Å². The molecule has 0 radical (unpaired) electrons. The van der Waals surface area contributed by atoms with Crippen LogP contribution in [0.1, 0.15) is 28.3 Å². The molecule has 2 aromatic carbocycles. The minimum absolute atomic E-state index is 0.119. The molecule has 6 heteroatoms. The van der Waals surface area contributed by atoms with Crippen molar-refractivity contribution in [3.05, 3.63) is 58.9 Å². The smallest absolute Gasteiger partial charge is 0.254 e. The first-order valence-electron chi connectivity index (χ1n) is 7.47. The maximum atomic E-state index is 13.8. The topological polar surface area (TPSA) is 42.4 Å². The number of hydrogen-bond donors (Lipinski definition) is 0. The van der Waals surface area contributed by atoms with Crippen LogP contribution in [-0.2, 0) is 0 Å². The Balaban J connectivity index is 1.85. The van der Waals surface area contributed by atoms with Crippen LogP contribution in [0.3, 0.4) is 0 Å². The van der Waals surface area contributed by atoms with Gasteiger partial charge in [-0.05, 0) is 37.3 Å². The number of amides is 1. The van der Waals surface area contributed by atoms with Crippen molar-refractivity contribution >= 4 is 27.5 Å². The number of benzene rings is 2. The number of rotatable bonds is 4. The van der Waals surface area contributed by atoms with Crippen molar-refractivity contribution in [1.29, 1.82) is 0 Å². The van der Waals surface area contributed by atoms with Crippen molar-refractivity contribution < 1.29 is 13.9 Å². The van der Waals surface area contributed by atoms with E-state index >= 15 is 0 Å². The van der Waals surface area contributed by atoms with E-state index in [1.165, 1.54) is 19.2 Å². The van der Waals surface area contributed by atoms with Crippen LogP contribution in [-0.4, -0.2) is 29.9 Å². The van der Waals surface area contributed by atoms with Gasteiger partial charge in [0.25, 0.3) is 5.91 Å². The number of ether oxygens (including phenoxy) is 1. The van der Waals surface area contributed by atoms with Gasteiger partial charge < -0.3 is 9.64 Å². The Bertz CT molecular complexity index is 861. The van der Waals surface area contributed by atoms with Gasteiger partial charge in [0.1, 0.15) is 5.01 Å². The molecule has 0 N–H and O–H groups in total. The largest absolute Gasteiger partial charge is 0.494 e. The lowest BCUT2D eigenvalue weighted by Gasteiger charge is -2.23. The van der Waals surface area contributed by atoms with Crippen LogP contribution >= 0.6 is 11.3 Å². The van der Waals surface area contributed by atoms with Crippen molar-refractivity contribution in [1.82, 2.24) is 9.88 Å². The number of carbonyl (C=O) groups is 1. The Morgan fingerprint density at radius 1 is 1.29 bits per heavy atom. The molecule has 1 heterocycles. The number of fused-ring (bicyclic) bond motifs is 1. The van der Waals surface area contributed by atoms with E-state index in [1.807, 2.05) is 31.2 Å². The average Bonchev–Trinajstić information content (AvgIpc) is 3.03. The minimum Gasteiger partial charge on any atom is -0.494 e. The third-order valence-electron chi connectivity index (χ3n) is 3.97. The highest BCUT2D eigenvalue weighted by atomic mass is 32.1. The van der Waals surface area contributed by atoms with E-state index in [-0.39, 0.29) is 23.3 Å². The zero-order valence-electron chi connectivity index (χ0n) is 13.6. The molecule has 24 heavy (non-hydrogen) atoms. The van der Waals surface area contributed by atoms with E-state index in [4.69, 9.17) is 4.74 Å². The van der Waals surface area contributed by atoms with E-state index in [9.17, 15) is 9.18 Å². The summed E-state index contributed by atoms with van der Waals surface area (Å²) in [7, 11) is 3.09. The molecule has 0 aliphatic carbocycles. The molecule has 0 aliphatic rings. The van der Waals surface area contributed by atoms with Gasteiger partial charge in [0.15, 0.2) is 11.6 Å². The highest BCUT2D eigenvalue weighted by molar-refractivity contribution is 7.18. The fraction of sp³-hybridized carbons (Fsp3) is 0.222. The second kappa shape index (κ2) is 6.57. The Morgan fingerprint density at radius 2 is 2.04 bits per heavy atom. The van der Waals surface area contributed by atoms with Crippen LogP contribution < -0.4 is 4.74 Å². The molecule has 3 aromatic rings. The van der Waals surface area contributed by atoms with Crippen LogP contribution in [0.5, 0.6) is 5.75 Å². The predicted molar refractivity (Wildman–Crippen MR) is 93.1 cm³/mol. The Kier molecular flexibility index (Phi) is 4.49. The molecular weight excluding hydrogens is 327 g/mol. The number of para-hydroxylation sites is 1. The number of aromatic nitrogens is 1. The van der Waals surface area contributed by atoms with Crippen LogP contribution in [0.2, 0.25) is 0 Å². The number of nitrogens with zero attached hydrogens (tertiary/aromatic N) is 2. The van der Waals surface area contributed by atoms with Gasteiger partial charge in [0, 0.05) is 12.6 Å². The molecule has 124 valence electrons. The van der Waals surface area contributed by atoms with Gasteiger partial charge in [-0.25, -0.2) is 9.37 Å². The van der Waals surface area contributed by atoms with Gasteiger partial charge in [-0.3, -0.25) is 4.79 Å². The van der Waals surface area contributed by atoms with Crippen LogP contribution in [0.25, 0.3) is 10.2 Å². The Morgan fingerprint density at radius 3 is 2.71 bits per heavy atom. The van der Waals surface area contributed by atoms with Gasteiger partial charge in [-0.15, -0.1) is 11.3 Å². The molecule has 3 rings (SSSR count). The van der Waals surface area contributed by atoms with E-state index in [1.54, 1.807) is 29.4 Å². The number of methoxy groups -OCH3 is 1. The van der Waals surface area contributed by atoms with Crippen molar-refractivity contribution in [2.45, 2.75) is 13.0 Å². The first kappa shape index (κ1) is 16.4. The second-order valence-electron chi connectivity index (χ2n) is 5.46. The summed E-state index contributed by atoms with van der Waals surface area (Å²) >= 11 is 1.56. The quantitative estimate of drug-likeness (QED) is 0.709. The Labute approximate surface area is 143 Å². The average molecular weight is 344 g/mol. The van der Waals surface area contributed by atoms with E-state index in [0.717, 1.165) is 15.2 Å². The highest BCUT2D eigenvalue weighted by Crippen LogP contribution is 2.29. The third kappa shape index (κ3) is 2.97. The van der Waals surface area contributed by atoms with E-state index in [0.29, 0.717) is 0 Å². The number of thiazole rings is 1. The van der Waals surface area contributed by atoms with Gasteiger partial charge in [-0.2, -0.15) is 0 Å². The molecule has 0 saturated heterocycles. The Hall–Kier alpha value is -2.47. The van der Waals surface area contributed by atoms with Crippen LogP contribution in [0, 0.1) is 5.82 Å². The first-order chi connectivity index (χ1) is 11.5. The summed E-state index contributed by atoms with van der Waals surface area (Å²) < 4.78 is 19.8. The lowest BCUT2D eigenvalue weighted by Crippen LogP contribution is -2.29. The SMILES string of the molecule is COc1ccc(C(=O)N(C)C(C)c2nc3ccccc3s2)cc1F. The fourth-order valence-electron chi connectivity index (χ4n) is 2.41. The number of carbonyl (C=O) groups excluding carboxylic acids is 1. The summed E-state index contributed by atoms with van der Waals surface area (Å²) in [6.07, 6.45) is 0. The third-order valence-corrected chi connectivity index (χ3v) is 5.17. The minimum atomic E-state index is -0.551. The van der Waals surface area contributed by atoms with Crippen LogP contribution in [0.4, 0.5) is 4.39 Å². The van der Waals surface area contributed by atoms with E-state index in [2.05, 4.69) is 4.98 Å². The normalized spacial score (nSPS) is 12.2. The van der Waals surface area contributed by atoms with Gasteiger partial charge >= 0.3 is 0 Å². The van der Waals surface area contributed by atoms with Crippen LogP contribution in [0.15, 0.2) is 42.5 Å². The molecule has 1 amide bonds. The molecule has 4 nitrogen and oxygen atoms in total. The molecule has 0 bridgehead atoms. The molecule has 0 saturated carbocycles. The summed E-state index contributed by atoms with van der Waals surface area (Å²) in [4.78, 5) is 18.8. The molecule has 1 aromatic heterocycles. The zero-order chi connectivity index (χ0) is 17.3. The monoisotopic (exact) mass is 344 g/mol. The second-order valence-corrected chi connectivity index (χ2v) is 6.52. The first-order valence-corrected chi connectivity index (χ1v) is 8.29. The molecule has 0 spiro atoms. The molecular formula is C18H17FN2O2S. The predicted octanol–water partition coefficient (Wildman–Crippen LogP) is 4.28. The molecule has 1 unspecified atom stereocenters. The number of hydrogen-bond acceptors (Lipinski definition) is 4. The summed E-state index contributed by atoms with van der Waals surface area (Å²) in [5.74, 6) is -0.693. The summed E-state index contributed by atoms with van der Waals surface area (Å²) in [5, 5.41) is 0.848. The highest BCUT2D eigenvalue weighted by Gasteiger charge is 2.22. The van der Waals surface area contributed by atoms with E-state index < -0.39 is 5.82 Å². The van der Waals surface area contributed by atoms with Crippen molar-refractivity contribution in [2.75, 3.05) is 14.2 Å². The molecule has 0 aliphatic heterocycles. The maximum Gasteiger partial charge on any atom is 0.254 e. The molecule has 1 atom stereocenters. The lowest BCUT2D eigenvalue weighted by atomic mass is 10.1. The summed E-state index contributed by atoms with van der Waals surface area (Å²) in [6.45, 7) is 1.91. The van der Waals surface area contributed by atoms with Gasteiger partial charge in [-0.1, -0.05) is 12.1 Å². The maximum absolute atomic E-state index is 13.8. The fourth-order valence-corrected chi connectivity index (χ4v) is 3.48. The van der Waals surface area contributed by atoms with Gasteiger partial charge in [0.2, 0.25) is 0 Å². The standard InChI is InChI=1S/C18H17FN2O2S/c1-11(17-20-14-6-4-5-7-16(14)24-17)21(2)18(22)12-8-9-15(23-3)13(19)10-12/h4-11H,1-3H3. The van der Waals surface area contributed by atoms with Crippen molar-refractivity contribution in [3.8, 4) is 5.75 Å². The lowest BCUT2D eigenvalue weighted by molar-refractivity contribution is 0.0742. The molecule has 0 fully saturated rings. The van der Waals surface area contributed by atoms with Gasteiger partial charge in [0.05, 0.1) is 23.4 Å². The summed E-state index contributed by atoms with van der Waals surface area (Å²) in [6, 6.07) is 11.9. The zero-order valence-corrected chi connectivity index (χ0v) is 14.4. The number of halogens is 1.